The van der Waals surface area contributed by atoms with Gasteiger partial charge in [-0.2, -0.15) is 8.78 Å². The van der Waals surface area contributed by atoms with Gasteiger partial charge in [-0.25, -0.2) is 4.68 Å². The Labute approximate surface area is 168 Å². The summed E-state index contributed by atoms with van der Waals surface area (Å²) in [6, 6.07) is 6.21. The van der Waals surface area contributed by atoms with E-state index in [0.29, 0.717) is 12.0 Å². The molecule has 7 nitrogen and oxygen atoms in total. The minimum Gasteiger partial charge on any atom is -0.434 e. The molecule has 28 heavy (non-hydrogen) atoms. The van der Waals surface area contributed by atoms with Crippen LogP contribution < -0.4 is 15.4 Å². The van der Waals surface area contributed by atoms with E-state index in [1.807, 2.05) is 6.92 Å². The van der Waals surface area contributed by atoms with Crippen molar-refractivity contribution in [2.45, 2.75) is 44.9 Å². The Balaban J connectivity index is 0.00000280. The number of piperidine rings is 1. The molecule has 154 valence electrons. The van der Waals surface area contributed by atoms with Crippen LogP contribution in [0.3, 0.4) is 0 Å². The number of halogens is 3. The molecule has 1 aliphatic heterocycles. The van der Waals surface area contributed by atoms with Gasteiger partial charge in [0, 0.05) is 5.56 Å². The summed E-state index contributed by atoms with van der Waals surface area (Å²) in [6.07, 6.45) is 4.01. The first-order valence-electron chi connectivity index (χ1n) is 9.05. The predicted octanol–water partition coefficient (Wildman–Crippen LogP) is 3.11. The zero-order valence-corrected chi connectivity index (χ0v) is 16.3. The number of carbonyl (C=O) groups excluding carboxylic acids is 1. The van der Waals surface area contributed by atoms with Crippen LogP contribution in [0.15, 0.2) is 30.5 Å². The molecule has 1 fully saturated rings. The summed E-state index contributed by atoms with van der Waals surface area (Å²) in [6.45, 7) is 0.746. The van der Waals surface area contributed by atoms with Gasteiger partial charge >= 0.3 is 6.61 Å². The van der Waals surface area contributed by atoms with Crippen molar-refractivity contribution in [1.29, 1.82) is 0 Å². The standard InChI is InChI=1S/C18H23F2N5O2.ClH/c1-2-14(13-5-3-4-6-16(13)27-18(19)20)22-17(26)15-11-25(24-23-15)12-7-9-21-10-8-12;/h3-6,11-12,14,18,21H,2,7-10H2,1H3,(H,22,26);1H. The van der Waals surface area contributed by atoms with Crippen LogP contribution in [0.4, 0.5) is 8.78 Å². The maximum Gasteiger partial charge on any atom is 0.387 e. The van der Waals surface area contributed by atoms with Crippen LogP contribution in [0.25, 0.3) is 0 Å². The number of benzene rings is 1. The van der Waals surface area contributed by atoms with E-state index >= 15 is 0 Å². The maximum absolute atomic E-state index is 12.6. The molecule has 1 saturated heterocycles. The minimum absolute atomic E-state index is 0. The molecule has 1 atom stereocenters. The normalized spacial score (nSPS) is 15.7. The number of alkyl halides is 2. The number of aromatic nitrogens is 3. The third kappa shape index (κ3) is 5.39. The summed E-state index contributed by atoms with van der Waals surface area (Å²) in [7, 11) is 0. The van der Waals surface area contributed by atoms with Gasteiger partial charge in [-0.05, 0) is 38.4 Å². The average Bonchev–Trinajstić information content (AvgIpc) is 3.17. The maximum atomic E-state index is 12.6. The van der Waals surface area contributed by atoms with Gasteiger partial charge in [-0.15, -0.1) is 17.5 Å². The van der Waals surface area contributed by atoms with E-state index < -0.39 is 18.6 Å². The van der Waals surface area contributed by atoms with Crippen LogP contribution in [0.1, 0.15) is 54.3 Å². The molecule has 2 N–H and O–H groups in total. The topological polar surface area (TPSA) is 81.1 Å². The van der Waals surface area contributed by atoms with Gasteiger partial charge < -0.3 is 15.4 Å². The largest absolute Gasteiger partial charge is 0.434 e. The first-order chi connectivity index (χ1) is 13.1. The molecule has 0 bridgehead atoms. The number of hydrogen-bond acceptors (Lipinski definition) is 5. The van der Waals surface area contributed by atoms with Crippen LogP contribution in [-0.4, -0.2) is 40.6 Å². The molecule has 1 amide bonds. The third-order valence-corrected chi connectivity index (χ3v) is 4.65. The Hall–Kier alpha value is -2.26. The molecule has 10 heteroatoms. The SMILES string of the molecule is CCC(NC(=O)c1cn(C2CCNCC2)nn1)c1ccccc1OC(F)F.Cl. The van der Waals surface area contributed by atoms with E-state index in [1.54, 1.807) is 29.1 Å². The molecule has 3 rings (SSSR count). The molecule has 2 heterocycles. The molecular formula is C18H24ClF2N5O2. The van der Waals surface area contributed by atoms with Gasteiger partial charge in [0.1, 0.15) is 5.75 Å². The Bertz CT molecular complexity index is 768. The van der Waals surface area contributed by atoms with Crippen molar-refractivity contribution in [3.63, 3.8) is 0 Å². The minimum atomic E-state index is -2.93. The van der Waals surface area contributed by atoms with E-state index in [4.69, 9.17) is 0 Å². The zero-order valence-electron chi connectivity index (χ0n) is 15.5. The van der Waals surface area contributed by atoms with Crippen molar-refractivity contribution in [1.82, 2.24) is 25.6 Å². The van der Waals surface area contributed by atoms with E-state index in [1.165, 1.54) is 6.07 Å². The molecule has 0 aliphatic carbocycles. The van der Waals surface area contributed by atoms with Gasteiger partial charge in [-0.3, -0.25) is 4.79 Å². The number of para-hydroxylation sites is 1. The summed E-state index contributed by atoms with van der Waals surface area (Å²) in [5, 5.41) is 14.2. The van der Waals surface area contributed by atoms with Crippen molar-refractivity contribution in [2.24, 2.45) is 0 Å². The first-order valence-corrected chi connectivity index (χ1v) is 9.05. The highest BCUT2D eigenvalue weighted by Gasteiger charge is 2.22. The van der Waals surface area contributed by atoms with Gasteiger partial charge in [0.05, 0.1) is 18.3 Å². The van der Waals surface area contributed by atoms with E-state index in [2.05, 4.69) is 25.7 Å². The quantitative estimate of drug-likeness (QED) is 0.726. The fraction of sp³-hybridized carbons (Fsp3) is 0.500. The van der Waals surface area contributed by atoms with Gasteiger partial charge in [0.15, 0.2) is 5.69 Å². The highest BCUT2D eigenvalue weighted by molar-refractivity contribution is 5.92. The molecule has 1 aliphatic rings. The molecule has 2 aromatic rings. The smallest absolute Gasteiger partial charge is 0.387 e. The van der Waals surface area contributed by atoms with E-state index in [9.17, 15) is 13.6 Å². The molecule has 1 aromatic heterocycles. The number of rotatable bonds is 7. The van der Waals surface area contributed by atoms with Crippen molar-refractivity contribution >= 4 is 18.3 Å². The van der Waals surface area contributed by atoms with Crippen LogP contribution >= 0.6 is 12.4 Å². The lowest BCUT2D eigenvalue weighted by molar-refractivity contribution is -0.0506. The molecule has 1 aromatic carbocycles. The van der Waals surface area contributed by atoms with Crippen molar-refractivity contribution in [3.05, 3.63) is 41.7 Å². The first kappa shape index (κ1) is 22.0. The summed E-state index contributed by atoms with van der Waals surface area (Å²) < 4.78 is 31.6. The highest BCUT2D eigenvalue weighted by Crippen LogP contribution is 2.28. The van der Waals surface area contributed by atoms with Gasteiger partial charge in [-0.1, -0.05) is 30.3 Å². The fourth-order valence-electron chi connectivity index (χ4n) is 3.23. The van der Waals surface area contributed by atoms with Crippen LogP contribution in [0.2, 0.25) is 0 Å². The second kappa shape index (κ2) is 10.3. The fourth-order valence-corrected chi connectivity index (χ4v) is 3.23. The van der Waals surface area contributed by atoms with Gasteiger partial charge in [0.25, 0.3) is 5.91 Å². The second-order valence-electron chi connectivity index (χ2n) is 6.42. The Morgan fingerprint density at radius 1 is 1.36 bits per heavy atom. The summed E-state index contributed by atoms with van der Waals surface area (Å²) >= 11 is 0. The number of amides is 1. The van der Waals surface area contributed by atoms with Crippen molar-refractivity contribution in [2.75, 3.05) is 13.1 Å². The van der Waals surface area contributed by atoms with Crippen LogP contribution in [0.5, 0.6) is 5.75 Å². The third-order valence-electron chi connectivity index (χ3n) is 4.65. The number of nitrogens with one attached hydrogen (secondary N) is 2. The number of ether oxygens (including phenoxy) is 1. The molecule has 0 radical (unpaired) electrons. The summed E-state index contributed by atoms with van der Waals surface area (Å²) in [5.74, 6) is -0.341. The van der Waals surface area contributed by atoms with E-state index in [-0.39, 0.29) is 29.9 Å². The molecule has 1 unspecified atom stereocenters. The zero-order chi connectivity index (χ0) is 19.2. The Kier molecular flexibility index (Phi) is 8.13. The average molecular weight is 416 g/mol. The number of nitrogens with zero attached hydrogens (tertiary/aromatic N) is 3. The van der Waals surface area contributed by atoms with Crippen LogP contribution in [-0.2, 0) is 0 Å². The highest BCUT2D eigenvalue weighted by atomic mass is 35.5. The lowest BCUT2D eigenvalue weighted by Gasteiger charge is -2.22. The van der Waals surface area contributed by atoms with Gasteiger partial charge in [0.2, 0.25) is 0 Å². The van der Waals surface area contributed by atoms with Crippen LogP contribution in [0, 0.1) is 0 Å². The van der Waals surface area contributed by atoms with Crippen molar-refractivity contribution < 1.29 is 18.3 Å². The number of hydrogen-bond donors (Lipinski definition) is 2. The molecule has 0 spiro atoms. The molecule has 0 saturated carbocycles. The second-order valence-corrected chi connectivity index (χ2v) is 6.42. The predicted molar refractivity (Wildman–Crippen MR) is 102 cm³/mol. The summed E-state index contributed by atoms with van der Waals surface area (Å²) in [5.41, 5.74) is 0.707. The molecular weight excluding hydrogens is 392 g/mol. The summed E-state index contributed by atoms with van der Waals surface area (Å²) in [4.78, 5) is 12.6. The lowest BCUT2D eigenvalue weighted by atomic mass is 10.0. The lowest BCUT2D eigenvalue weighted by Crippen LogP contribution is -2.30. The Morgan fingerprint density at radius 2 is 2.07 bits per heavy atom. The Morgan fingerprint density at radius 3 is 2.75 bits per heavy atom. The monoisotopic (exact) mass is 415 g/mol. The number of carbonyl (C=O) groups is 1. The van der Waals surface area contributed by atoms with Crippen molar-refractivity contribution in [3.8, 4) is 5.75 Å². The van der Waals surface area contributed by atoms with E-state index in [0.717, 1.165) is 25.9 Å².